The molecule has 1 aromatic carbocycles. The summed E-state index contributed by atoms with van der Waals surface area (Å²) >= 11 is 5.91. The number of amides is 1. The lowest BCUT2D eigenvalue weighted by Gasteiger charge is -2.11. The monoisotopic (exact) mass is 382 g/mol. The number of nitrogens with one attached hydrogen (secondary N) is 1. The van der Waals surface area contributed by atoms with E-state index in [4.69, 9.17) is 16.3 Å². The van der Waals surface area contributed by atoms with Gasteiger partial charge in [-0.15, -0.1) is 5.10 Å². The van der Waals surface area contributed by atoms with Gasteiger partial charge in [-0.3, -0.25) is 4.79 Å². The average Bonchev–Trinajstić information content (AvgIpc) is 3.03. The summed E-state index contributed by atoms with van der Waals surface area (Å²) in [6.45, 7) is -0.413. The summed E-state index contributed by atoms with van der Waals surface area (Å²) in [4.78, 5) is 35.9. The Labute approximate surface area is 153 Å². The van der Waals surface area contributed by atoms with E-state index in [0.29, 0.717) is 16.5 Å². The van der Waals surface area contributed by atoms with Crippen LogP contribution in [0.15, 0.2) is 18.2 Å². The van der Waals surface area contributed by atoms with Gasteiger partial charge in [-0.25, -0.2) is 14.3 Å². The highest BCUT2D eigenvalue weighted by molar-refractivity contribution is 6.31. The zero-order valence-electron chi connectivity index (χ0n) is 14.1. The third-order valence-corrected chi connectivity index (χ3v) is 3.46. The number of esters is 2. The SMILES string of the molecule is COC(=O)c1nnn(CC(=O)Nc2cc(Cl)ccc2OC)c1C(=O)OC. The fourth-order valence-corrected chi connectivity index (χ4v) is 2.23. The molecule has 0 aliphatic heterocycles. The van der Waals surface area contributed by atoms with E-state index in [-0.39, 0.29) is 11.4 Å². The Morgan fingerprint density at radius 1 is 1.15 bits per heavy atom. The summed E-state index contributed by atoms with van der Waals surface area (Å²) in [6, 6.07) is 4.69. The van der Waals surface area contributed by atoms with Crippen LogP contribution in [0, 0.1) is 0 Å². The van der Waals surface area contributed by atoms with Crippen molar-refractivity contribution >= 4 is 35.1 Å². The van der Waals surface area contributed by atoms with Crippen molar-refractivity contribution in [1.29, 1.82) is 0 Å². The minimum atomic E-state index is -0.886. The number of aromatic nitrogens is 3. The van der Waals surface area contributed by atoms with Crippen LogP contribution < -0.4 is 10.1 Å². The summed E-state index contributed by atoms with van der Waals surface area (Å²) in [5.41, 5.74) is -0.321. The number of carbonyl (C=O) groups excluding carboxylic acids is 3. The first-order valence-electron chi connectivity index (χ1n) is 7.14. The van der Waals surface area contributed by atoms with Gasteiger partial charge in [-0.1, -0.05) is 16.8 Å². The number of carbonyl (C=O) groups is 3. The maximum absolute atomic E-state index is 12.3. The standard InChI is InChI=1S/C15H15ClN4O6/c1-24-10-5-4-8(16)6-9(10)17-11(21)7-20-13(15(23)26-3)12(18-19-20)14(22)25-2/h4-6H,7H2,1-3H3,(H,17,21). The molecule has 2 aromatic rings. The Morgan fingerprint density at radius 2 is 1.85 bits per heavy atom. The van der Waals surface area contributed by atoms with Gasteiger partial charge in [0, 0.05) is 5.02 Å². The normalized spacial score (nSPS) is 10.2. The molecule has 0 atom stereocenters. The molecule has 0 fully saturated rings. The molecule has 0 aliphatic carbocycles. The van der Waals surface area contributed by atoms with Crippen LogP contribution in [-0.2, 0) is 20.8 Å². The van der Waals surface area contributed by atoms with Gasteiger partial charge in [-0.05, 0) is 18.2 Å². The number of hydrogen-bond donors (Lipinski definition) is 1. The van der Waals surface area contributed by atoms with Gasteiger partial charge in [-0.2, -0.15) is 0 Å². The lowest BCUT2D eigenvalue weighted by Crippen LogP contribution is -2.24. The van der Waals surface area contributed by atoms with Crippen LogP contribution >= 0.6 is 11.6 Å². The van der Waals surface area contributed by atoms with Crippen molar-refractivity contribution in [2.45, 2.75) is 6.54 Å². The Bertz CT molecular complexity index is 851. The summed E-state index contributed by atoms with van der Waals surface area (Å²) in [5.74, 6) is -1.93. The molecule has 0 saturated heterocycles. The van der Waals surface area contributed by atoms with E-state index >= 15 is 0 Å². The van der Waals surface area contributed by atoms with Gasteiger partial charge in [0.25, 0.3) is 0 Å². The smallest absolute Gasteiger partial charge is 0.361 e. The maximum Gasteiger partial charge on any atom is 0.361 e. The van der Waals surface area contributed by atoms with Crippen molar-refractivity contribution < 1.29 is 28.6 Å². The zero-order chi connectivity index (χ0) is 19.3. The minimum absolute atomic E-state index is 0.299. The van der Waals surface area contributed by atoms with Gasteiger partial charge >= 0.3 is 11.9 Å². The van der Waals surface area contributed by atoms with Crippen molar-refractivity contribution in [3.8, 4) is 5.75 Å². The highest BCUT2D eigenvalue weighted by Gasteiger charge is 2.27. The van der Waals surface area contributed by atoms with Crippen molar-refractivity contribution in [3.63, 3.8) is 0 Å². The quantitative estimate of drug-likeness (QED) is 0.738. The van der Waals surface area contributed by atoms with Crippen LogP contribution in [0.2, 0.25) is 5.02 Å². The first-order valence-corrected chi connectivity index (χ1v) is 7.52. The molecule has 11 heteroatoms. The van der Waals surface area contributed by atoms with Gasteiger partial charge in [0.2, 0.25) is 11.6 Å². The van der Waals surface area contributed by atoms with Crippen molar-refractivity contribution in [2.75, 3.05) is 26.6 Å². The minimum Gasteiger partial charge on any atom is -0.495 e. The summed E-state index contributed by atoms with van der Waals surface area (Å²) in [5, 5.41) is 10.2. The second-order valence-electron chi connectivity index (χ2n) is 4.82. The zero-order valence-corrected chi connectivity index (χ0v) is 14.9. The molecule has 0 unspecified atom stereocenters. The third kappa shape index (κ3) is 4.09. The lowest BCUT2D eigenvalue weighted by atomic mass is 10.3. The number of anilines is 1. The van der Waals surface area contributed by atoms with E-state index < -0.39 is 24.4 Å². The van der Waals surface area contributed by atoms with Crippen molar-refractivity contribution in [2.24, 2.45) is 0 Å². The first kappa shape index (κ1) is 19.2. The number of rotatable bonds is 6. The maximum atomic E-state index is 12.3. The molecule has 0 saturated carbocycles. The lowest BCUT2D eigenvalue weighted by molar-refractivity contribution is -0.117. The second kappa shape index (κ2) is 8.30. The molecule has 1 N–H and O–H groups in total. The third-order valence-electron chi connectivity index (χ3n) is 3.22. The van der Waals surface area contributed by atoms with Crippen molar-refractivity contribution in [3.05, 3.63) is 34.6 Å². The van der Waals surface area contributed by atoms with Gasteiger partial charge in [0.05, 0.1) is 27.0 Å². The van der Waals surface area contributed by atoms with Gasteiger partial charge in [0.1, 0.15) is 12.3 Å². The fourth-order valence-electron chi connectivity index (χ4n) is 2.06. The van der Waals surface area contributed by atoms with Crippen LogP contribution in [0.1, 0.15) is 21.0 Å². The number of nitrogens with zero attached hydrogens (tertiary/aromatic N) is 3. The highest BCUT2D eigenvalue weighted by atomic mass is 35.5. The molecule has 2 rings (SSSR count). The topological polar surface area (TPSA) is 122 Å². The molecule has 26 heavy (non-hydrogen) atoms. The fraction of sp³-hybridized carbons (Fsp3) is 0.267. The van der Waals surface area contributed by atoms with Crippen molar-refractivity contribution in [1.82, 2.24) is 15.0 Å². The molecule has 10 nitrogen and oxygen atoms in total. The molecule has 0 bridgehead atoms. The van der Waals surface area contributed by atoms with E-state index in [1.165, 1.54) is 13.2 Å². The van der Waals surface area contributed by atoms with Gasteiger partial charge in [0.15, 0.2) is 5.69 Å². The molecule has 0 aliphatic rings. The summed E-state index contributed by atoms with van der Waals surface area (Å²) in [7, 11) is 3.69. The molecule has 138 valence electrons. The summed E-state index contributed by atoms with van der Waals surface area (Å²) < 4.78 is 15.2. The Balaban J connectivity index is 2.27. The predicted molar refractivity (Wildman–Crippen MR) is 89.3 cm³/mol. The van der Waals surface area contributed by atoms with Gasteiger partial charge < -0.3 is 19.5 Å². The molecule has 1 amide bonds. The first-order chi connectivity index (χ1) is 12.4. The number of hydrogen-bond acceptors (Lipinski definition) is 8. The summed E-state index contributed by atoms with van der Waals surface area (Å²) in [6.07, 6.45) is 0. The number of methoxy groups -OCH3 is 3. The van der Waals surface area contributed by atoms with Crippen LogP contribution in [-0.4, -0.2) is 54.2 Å². The molecular weight excluding hydrogens is 368 g/mol. The van der Waals surface area contributed by atoms with Crippen LogP contribution in [0.25, 0.3) is 0 Å². The average molecular weight is 383 g/mol. The number of benzene rings is 1. The van der Waals surface area contributed by atoms with E-state index in [2.05, 4.69) is 25.1 Å². The molecule has 1 heterocycles. The molecule has 1 aromatic heterocycles. The largest absolute Gasteiger partial charge is 0.495 e. The van der Waals surface area contributed by atoms with Crippen LogP contribution in [0.4, 0.5) is 5.69 Å². The Kier molecular flexibility index (Phi) is 6.12. The van der Waals surface area contributed by atoms with Crippen LogP contribution in [0.3, 0.4) is 0 Å². The highest BCUT2D eigenvalue weighted by Crippen LogP contribution is 2.27. The van der Waals surface area contributed by atoms with Crippen LogP contribution in [0.5, 0.6) is 5.75 Å². The van der Waals surface area contributed by atoms with E-state index in [9.17, 15) is 14.4 Å². The molecular formula is C15H15ClN4O6. The molecule has 0 radical (unpaired) electrons. The Hall–Kier alpha value is -3.14. The van der Waals surface area contributed by atoms with E-state index in [1.807, 2.05) is 0 Å². The molecule has 0 spiro atoms. The van der Waals surface area contributed by atoms with E-state index in [1.54, 1.807) is 12.1 Å². The van der Waals surface area contributed by atoms with E-state index in [0.717, 1.165) is 18.9 Å². The number of halogens is 1. The Morgan fingerprint density at radius 3 is 2.46 bits per heavy atom. The number of ether oxygens (including phenoxy) is 3. The predicted octanol–water partition coefficient (Wildman–Crippen LogP) is 1.15. The second-order valence-corrected chi connectivity index (χ2v) is 5.26.